The van der Waals surface area contributed by atoms with E-state index < -0.39 is 95.3 Å². The summed E-state index contributed by atoms with van der Waals surface area (Å²) in [4.78, 5) is 3.42. The molecule has 0 amide bonds. The first-order valence-corrected chi connectivity index (χ1v) is 13.3. The average Bonchev–Trinajstić information content (AvgIpc) is 3.65. The van der Waals surface area contributed by atoms with Crippen molar-refractivity contribution in [1.82, 2.24) is 4.98 Å². The number of allylic oxidation sites excluding steroid dienone is 8. The zero-order chi connectivity index (χ0) is 36.4. The van der Waals surface area contributed by atoms with Crippen LogP contribution in [0, 0.1) is 136 Å². The van der Waals surface area contributed by atoms with Gasteiger partial charge >= 0.3 is 0 Å². The molecule has 0 radical (unpaired) electrons. The average molecular weight is 643 g/mol. The third-order valence-corrected chi connectivity index (χ3v) is 7.77. The second-order valence-electron chi connectivity index (χ2n) is 9.91. The Morgan fingerprint density at radius 2 is 0.920 bits per heavy atom. The van der Waals surface area contributed by atoms with Crippen molar-refractivity contribution in [2.75, 3.05) is 0 Å². The number of halogens is 2. The number of fused-ring (bicyclic) bond motifs is 2. The van der Waals surface area contributed by atoms with Crippen LogP contribution in [0.25, 0.3) is 33.4 Å². The van der Waals surface area contributed by atoms with Crippen LogP contribution in [0.4, 0.5) is 8.78 Å². The normalized spacial score (nSPS) is 11.7. The molecule has 0 bridgehead atoms. The second kappa shape index (κ2) is 12.3. The van der Waals surface area contributed by atoms with Gasteiger partial charge in [-0.1, -0.05) is 0 Å². The summed E-state index contributed by atoms with van der Waals surface area (Å²) in [5.41, 5.74) is -9.46. The highest BCUT2D eigenvalue weighted by Gasteiger charge is 2.44. The Hall–Kier alpha value is -9.20. The van der Waals surface area contributed by atoms with Gasteiger partial charge in [0.15, 0.2) is 0 Å². The molecule has 0 aliphatic heterocycles. The first kappa shape index (κ1) is 32.2. The standard InChI is InChI=1S/C36H4F2N12/c37-27-2-17(5-40)16(4-39)1-22(27)32-24(12-47)34-26(14-49)35-29(18(6-41)7-42)31(21-3-28(38)50-15-20(21)10-45)23(11-46)33(35)25(13-48)36(34)30(32)19(8-43)9-44/h1-3,15H. The summed E-state index contributed by atoms with van der Waals surface area (Å²) in [7, 11) is 0. The van der Waals surface area contributed by atoms with Crippen molar-refractivity contribution < 1.29 is 8.78 Å². The highest BCUT2D eigenvalue weighted by molar-refractivity contribution is 6.32. The molecule has 0 spiro atoms. The van der Waals surface area contributed by atoms with Gasteiger partial charge in [-0.3, -0.25) is 0 Å². The zero-order valence-electron chi connectivity index (χ0n) is 24.4. The lowest BCUT2D eigenvalue weighted by Crippen LogP contribution is -2.05. The van der Waals surface area contributed by atoms with Gasteiger partial charge in [0.25, 0.3) is 0 Å². The van der Waals surface area contributed by atoms with E-state index in [1.54, 1.807) is 48.6 Å². The fourth-order valence-electron chi connectivity index (χ4n) is 5.94. The smallest absolute Gasteiger partial charge is 0.213 e. The summed E-state index contributed by atoms with van der Waals surface area (Å²) in [5.74, 6) is -2.33. The third-order valence-electron chi connectivity index (χ3n) is 7.77. The molecule has 1 aromatic heterocycles. The van der Waals surface area contributed by atoms with E-state index in [1.165, 1.54) is 0 Å². The predicted molar refractivity (Wildman–Crippen MR) is 162 cm³/mol. The van der Waals surface area contributed by atoms with E-state index in [-0.39, 0.29) is 22.3 Å². The molecule has 2 aliphatic carbocycles. The van der Waals surface area contributed by atoms with E-state index in [4.69, 9.17) is 0 Å². The molecule has 14 heteroatoms. The molecule has 0 saturated heterocycles. The van der Waals surface area contributed by atoms with Gasteiger partial charge in [0, 0.05) is 67.9 Å². The molecule has 0 saturated carbocycles. The molecule has 50 heavy (non-hydrogen) atoms. The number of rotatable bonds is 2. The summed E-state index contributed by atoms with van der Waals surface area (Å²) < 4.78 is 30.4. The zero-order valence-corrected chi connectivity index (χ0v) is 24.4. The molecule has 3 aromatic rings. The van der Waals surface area contributed by atoms with Crippen molar-refractivity contribution >= 4 is 33.4 Å². The Balaban J connectivity index is 2.15. The lowest BCUT2D eigenvalue weighted by Gasteiger charge is -2.16. The van der Waals surface area contributed by atoms with Gasteiger partial charge in [0.2, 0.25) is 5.95 Å². The van der Waals surface area contributed by atoms with Gasteiger partial charge in [0.05, 0.1) is 39.0 Å². The van der Waals surface area contributed by atoms with Gasteiger partial charge in [-0.2, -0.15) is 62.3 Å². The first-order valence-electron chi connectivity index (χ1n) is 13.3. The van der Waals surface area contributed by atoms with E-state index >= 15 is 4.39 Å². The maximum absolute atomic E-state index is 15.8. The van der Waals surface area contributed by atoms with Gasteiger partial charge in [-0.25, -0.2) is 9.37 Å². The third kappa shape index (κ3) is 4.28. The molecule has 222 valence electrons. The first-order chi connectivity index (χ1) is 24.2. The van der Waals surface area contributed by atoms with Crippen LogP contribution in [0.15, 0.2) is 35.5 Å². The molecule has 5 rings (SSSR count). The number of benzene rings is 2. The quantitative estimate of drug-likeness (QED) is 0.257. The van der Waals surface area contributed by atoms with Crippen molar-refractivity contribution in [3.8, 4) is 66.8 Å². The number of nitriles is 11. The molecule has 1 heterocycles. The number of pyridine rings is 1. The Labute approximate surface area is 280 Å². The topological polar surface area (TPSA) is 275 Å². The van der Waals surface area contributed by atoms with Gasteiger partial charge in [-0.05, 0) is 12.1 Å². The Morgan fingerprint density at radius 1 is 0.480 bits per heavy atom. The van der Waals surface area contributed by atoms with Gasteiger partial charge in [0.1, 0.15) is 83.7 Å². The molecule has 12 nitrogen and oxygen atoms in total. The van der Waals surface area contributed by atoms with Crippen LogP contribution in [0.2, 0.25) is 0 Å². The Kier molecular flexibility index (Phi) is 7.92. The number of aromatic nitrogens is 1. The van der Waals surface area contributed by atoms with E-state index in [2.05, 4.69) is 4.98 Å². The molecule has 2 aliphatic rings. The van der Waals surface area contributed by atoms with Crippen molar-refractivity contribution in [1.29, 1.82) is 57.9 Å². The fraction of sp³-hybridized carbons (Fsp3) is 0. The SMILES string of the molecule is N#CC(C#N)=C1C(c2cc(C#N)c(C#N)cc2F)=C(C#N)c2c(C#N)c3c(c(C#N)c21)C(C#N)=C(c1cc(F)ncc1C#N)C3=C(C#N)C#N. The van der Waals surface area contributed by atoms with E-state index in [9.17, 15) is 62.3 Å². The second-order valence-corrected chi connectivity index (χ2v) is 9.91. The van der Waals surface area contributed by atoms with Crippen LogP contribution >= 0.6 is 0 Å². The summed E-state index contributed by atoms with van der Waals surface area (Å²) in [6, 6.07) is 21.3. The minimum Gasteiger partial charge on any atom is -0.227 e. The molecular formula is C36H4F2N12. The molecule has 2 aromatic carbocycles. The summed E-state index contributed by atoms with van der Waals surface area (Å²) in [6.45, 7) is 0. The van der Waals surface area contributed by atoms with Gasteiger partial charge in [-0.15, -0.1) is 0 Å². The highest BCUT2D eigenvalue weighted by Crippen LogP contribution is 2.58. The Morgan fingerprint density at radius 3 is 1.32 bits per heavy atom. The summed E-state index contributed by atoms with van der Waals surface area (Å²) in [5, 5.41) is 111. The van der Waals surface area contributed by atoms with Gasteiger partial charge < -0.3 is 0 Å². The summed E-state index contributed by atoms with van der Waals surface area (Å²) >= 11 is 0. The molecule has 0 fully saturated rings. The number of hydrogen-bond donors (Lipinski definition) is 0. The van der Waals surface area contributed by atoms with E-state index in [0.717, 1.165) is 18.3 Å². The van der Waals surface area contributed by atoms with Crippen molar-refractivity contribution in [2.24, 2.45) is 0 Å². The summed E-state index contributed by atoms with van der Waals surface area (Å²) in [6.07, 6.45) is 0.819. The lowest BCUT2D eigenvalue weighted by atomic mass is 9.82. The molecule has 0 atom stereocenters. The van der Waals surface area contributed by atoms with Crippen LogP contribution in [0.1, 0.15) is 61.2 Å². The van der Waals surface area contributed by atoms with E-state index in [0.29, 0.717) is 6.07 Å². The molecule has 0 unspecified atom stereocenters. The van der Waals surface area contributed by atoms with Crippen LogP contribution in [-0.2, 0) is 0 Å². The van der Waals surface area contributed by atoms with Crippen LogP contribution in [-0.4, -0.2) is 4.98 Å². The van der Waals surface area contributed by atoms with Crippen LogP contribution < -0.4 is 0 Å². The van der Waals surface area contributed by atoms with Crippen molar-refractivity contribution in [3.63, 3.8) is 0 Å². The minimum atomic E-state index is -1.19. The van der Waals surface area contributed by atoms with Crippen LogP contribution in [0.3, 0.4) is 0 Å². The predicted octanol–water partition coefficient (Wildman–Crippen LogP) is 5.22. The van der Waals surface area contributed by atoms with Crippen LogP contribution in [0.5, 0.6) is 0 Å². The largest absolute Gasteiger partial charge is 0.227 e. The monoisotopic (exact) mass is 642 g/mol. The van der Waals surface area contributed by atoms with E-state index in [1.807, 2.05) is 18.2 Å². The molecule has 0 N–H and O–H groups in total. The van der Waals surface area contributed by atoms with Crippen molar-refractivity contribution in [2.45, 2.75) is 0 Å². The lowest BCUT2D eigenvalue weighted by molar-refractivity contribution is 0.583. The maximum Gasteiger partial charge on any atom is 0.213 e. The van der Waals surface area contributed by atoms with Crippen molar-refractivity contribution in [3.05, 3.63) is 109 Å². The maximum atomic E-state index is 15.8. The minimum absolute atomic E-state index is 0.333. The number of hydrogen-bond acceptors (Lipinski definition) is 12. The number of nitrogens with zero attached hydrogens (tertiary/aromatic N) is 12. The highest BCUT2D eigenvalue weighted by atomic mass is 19.1. The molecular weight excluding hydrogens is 638 g/mol. The Bertz CT molecular complexity index is 2810. The fourth-order valence-corrected chi connectivity index (χ4v) is 5.94.